The van der Waals surface area contributed by atoms with E-state index in [2.05, 4.69) is 4.98 Å². The summed E-state index contributed by atoms with van der Waals surface area (Å²) in [6.07, 6.45) is 1.44. The van der Waals surface area contributed by atoms with Gasteiger partial charge in [-0.3, -0.25) is 4.98 Å². The van der Waals surface area contributed by atoms with Gasteiger partial charge in [-0.2, -0.15) is 5.26 Å². The van der Waals surface area contributed by atoms with Gasteiger partial charge in [-0.25, -0.2) is 22.3 Å². The molecule has 0 atom stereocenters. The highest BCUT2D eigenvalue weighted by Crippen LogP contribution is 2.33. The van der Waals surface area contributed by atoms with Crippen LogP contribution in [0.2, 0.25) is 0 Å². The average molecular weight is 371 g/mol. The molecule has 1 heterocycles. The number of pyridine rings is 1. The van der Waals surface area contributed by atoms with Gasteiger partial charge in [0.15, 0.2) is 4.90 Å². The number of aromatic nitrogens is 1. The molecule has 130 valence electrons. The number of primary sulfonamides is 1. The first kappa shape index (κ1) is 17.7. The number of halogens is 2. The summed E-state index contributed by atoms with van der Waals surface area (Å²) in [7, 11) is -4.54. The van der Waals surface area contributed by atoms with Crippen molar-refractivity contribution in [3.63, 3.8) is 0 Å². The van der Waals surface area contributed by atoms with Gasteiger partial charge < -0.3 is 0 Å². The molecule has 2 aromatic carbocycles. The second-order valence-electron chi connectivity index (χ2n) is 5.41. The number of nitrogens with two attached hydrogens (primary N) is 1. The quantitative estimate of drug-likeness (QED) is 0.764. The molecule has 0 bridgehead atoms. The smallest absolute Gasteiger partial charge is 0.243 e. The summed E-state index contributed by atoms with van der Waals surface area (Å²) in [5.41, 5.74) is 1.86. The Labute approximate surface area is 148 Å². The van der Waals surface area contributed by atoms with Crippen molar-refractivity contribution in [3.05, 3.63) is 71.9 Å². The fourth-order valence-corrected chi connectivity index (χ4v) is 3.25. The van der Waals surface area contributed by atoms with Gasteiger partial charge in [0.1, 0.15) is 11.6 Å². The molecule has 2 N–H and O–H groups in total. The first-order chi connectivity index (χ1) is 12.3. The monoisotopic (exact) mass is 371 g/mol. The molecule has 1 aromatic heterocycles. The molecule has 5 nitrogen and oxygen atoms in total. The number of rotatable bonds is 3. The fourth-order valence-electron chi connectivity index (χ4n) is 2.59. The van der Waals surface area contributed by atoms with Crippen molar-refractivity contribution in [2.24, 2.45) is 5.14 Å². The fraction of sp³-hybridized carbons (Fsp3) is 0. The standard InChI is InChI=1S/C18H11F2N3O2S/c19-15-8-13(9-16(20)18(15)26(22,24)25)17-14(5-2-6-23-17)12-4-1-3-11(7-12)10-21/h1-9H,(H2,22,24,25). The maximum atomic E-state index is 14.2. The van der Waals surface area contributed by atoms with E-state index in [1.54, 1.807) is 36.4 Å². The molecule has 0 unspecified atom stereocenters. The third-order valence-electron chi connectivity index (χ3n) is 3.67. The molecule has 26 heavy (non-hydrogen) atoms. The lowest BCUT2D eigenvalue weighted by molar-refractivity contribution is 0.520. The Balaban J connectivity index is 2.22. The van der Waals surface area contributed by atoms with Crippen LogP contribution in [0.4, 0.5) is 8.78 Å². The number of benzene rings is 2. The minimum atomic E-state index is -4.54. The van der Waals surface area contributed by atoms with Gasteiger partial charge in [0.2, 0.25) is 10.0 Å². The Bertz CT molecular complexity index is 1130. The first-order valence-electron chi connectivity index (χ1n) is 7.29. The van der Waals surface area contributed by atoms with Gasteiger partial charge >= 0.3 is 0 Å². The van der Waals surface area contributed by atoms with Crippen LogP contribution < -0.4 is 5.14 Å². The molecule has 0 amide bonds. The van der Waals surface area contributed by atoms with Crippen LogP contribution in [-0.4, -0.2) is 13.4 Å². The highest BCUT2D eigenvalue weighted by atomic mass is 32.2. The summed E-state index contributed by atoms with van der Waals surface area (Å²) in [4.78, 5) is 2.97. The second kappa shape index (κ2) is 6.63. The van der Waals surface area contributed by atoms with E-state index in [1.165, 1.54) is 6.20 Å². The average Bonchev–Trinajstić information content (AvgIpc) is 2.60. The molecule has 0 spiro atoms. The minimum absolute atomic E-state index is 0.0466. The van der Waals surface area contributed by atoms with Crippen LogP contribution in [0.3, 0.4) is 0 Å². The van der Waals surface area contributed by atoms with E-state index in [4.69, 9.17) is 10.4 Å². The zero-order valence-corrected chi connectivity index (χ0v) is 14.0. The van der Waals surface area contributed by atoms with Gasteiger partial charge in [0.25, 0.3) is 0 Å². The van der Waals surface area contributed by atoms with E-state index in [0.29, 0.717) is 16.7 Å². The molecule has 3 rings (SSSR count). The van der Waals surface area contributed by atoms with Gasteiger partial charge in [-0.1, -0.05) is 18.2 Å². The SMILES string of the molecule is N#Cc1cccc(-c2cccnc2-c2cc(F)c(S(N)(=O)=O)c(F)c2)c1. The molecule has 0 radical (unpaired) electrons. The molecular formula is C18H11F2N3O2S. The maximum absolute atomic E-state index is 14.2. The summed E-state index contributed by atoms with van der Waals surface area (Å²) in [6.45, 7) is 0. The van der Waals surface area contributed by atoms with Crippen molar-refractivity contribution < 1.29 is 17.2 Å². The Morgan fingerprint density at radius 1 is 1.00 bits per heavy atom. The largest absolute Gasteiger partial charge is 0.256 e. The maximum Gasteiger partial charge on any atom is 0.243 e. The number of hydrogen-bond acceptors (Lipinski definition) is 4. The normalized spacial score (nSPS) is 11.2. The highest BCUT2D eigenvalue weighted by molar-refractivity contribution is 7.89. The predicted octanol–water partition coefficient (Wildman–Crippen LogP) is 3.21. The molecular weight excluding hydrogens is 360 g/mol. The van der Waals surface area contributed by atoms with Crippen LogP contribution in [0.15, 0.2) is 59.6 Å². The van der Waals surface area contributed by atoms with Crippen LogP contribution in [-0.2, 0) is 10.0 Å². The Hall–Kier alpha value is -3.15. The zero-order valence-electron chi connectivity index (χ0n) is 13.1. The first-order valence-corrected chi connectivity index (χ1v) is 8.83. The van der Waals surface area contributed by atoms with E-state index in [1.807, 2.05) is 6.07 Å². The van der Waals surface area contributed by atoms with Crippen molar-refractivity contribution in [3.8, 4) is 28.5 Å². The van der Waals surface area contributed by atoms with Gasteiger partial charge in [-0.05, 0) is 35.9 Å². The van der Waals surface area contributed by atoms with E-state index in [9.17, 15) is 17.2 Å². The third kappa shape index (κ3) is 3.31. The lowest BCUT2D eigenvalue weighted by Crippen LogP contribution is -2.16. The molecule has 3 aromatic rings. The van der Waals surface area contributed by atoms with Crippen LogP contribution in [0.5, 0.6) is 0 Å². The van der Waals surface area contributed by atoms with Crippen molar-refractivity contribution in [2.45, 2.75) is 4.90 Å². The van der Waals surface area contributed by atoms with Crippen LogP contribution >= 0.6 is 0 Å². The number of nitrogens with zero attached hydrogens (tertiary/aromatic N) is 2. The zero-order chi connectivity index (χ0) is 18.9. The summed E-state index contributed by atoms with van der Waals surface area (Å²) in [5, 5.41) is 13.9. The molecule has 8 heteroatoms. The van der Waals surface area contributed by atoms with Crippen molar-refractivity contribution >= 4 is 10.0 Å². The van der Waals surface area contributed by atoms with Crippen molar-refractivity contribution in [1.29, 1.82) is 5.26 Å². The number of nitriles is 1. The van der Waals surface area contributed by atoms with Gasteiger partial charge in [-0.15, -0.1) is 0 Å². The van der Waals surface area contributed by atoms with E-state index in [-0.39, 0.29) is 11.3 Å². The van der Waals surface area contributed by atoms with Crippen LogP contribution in [0.25, 0.3) is 22.4 Å². The third-order valence-corrected chi connectivity index (χ3v) is 4.63. The van der Waals surface area contributed by atoms with Crippen LogP contribution in [0, 0.1) is 23.0 Å². The van der Waals surface area contributed by atoms with Crippen LogP contribution in [0.1, 0.15) is 5.56 Å². The van der Waals surface area contributed by atoms with Crippen molar-refractivity contribution in [2.75, 3.05) is 0 Å². The lowest BCUT2D eigenvalue weighted by atomic mass is 9.98. The topological polar surface area (TPSA) is 96.8 Å². The predicted molar refractivity (Wildman–Crippen MR) is 91.1 cm³/mol. The Kier molecular flexibility index (Phi) is 4.50. The molecule has 0 saturated carbocycles. The second-order valence-corrected chi connectivity index (χ2v) is 6.90. The van der Waals surface area contributed by atoms with E-state index < -0.39 is 26.6 Å². The molecule has 0 aliphatic rings. The Morgan fingerprint density at radius 2 is 1.69 bits per heavy atom. The molecule has 0 saturated heterocycles. The highest BCUT2D eigenvalue weighted by Gasteiger charge is 2.22. The summed E-state index contributed by atoms with van der Waals surface area (Å²) in [6, 6.07) is 13.7. The van der Waals surface area contributed by atoms with Crippen molar-refractivity contribution in [1.82, 2.24) is 4.98 Å². The molecule has 0 aliphatic carbocycles. The summed E-state index contributed by atoms with van der Waals surface area (Å²) < 4.78 is 51.0. The van der Waals surface area contributed by atoms with E-state index in [0.717, 1.165) is 12.1 Å². The van der Waals surface area contributed by atoms with Gasteiger partial charge in [0.05, 0.1) is 17.3 Å². The number of sulfonamides is 1. The minimum Gasteiger partial charge on any atom is -0.256 e. The summed E-state index contributed by atoms with van der Waals surface area (Å²) >= 11 is 0. The van der Waals surface area contributed by atoms with E-state index >= 15 is 0 Å². The summed E-state index contributed by atoms with van der Waals surface area (Å²) in [5.74, 6) is -2.60. The number of hydrogen-bond donors (Lipinski definition) is 1. The Morgan fingerprint density at radius 3 is 2.31 bits per heavy atom. The lowest BCUT2D eigenvalue weighted by Gasteiger charge is -2.11. The molecule has 0 fully saturated rings. The molecule has 0 aliphatic heterocycles. The van der Waals surface area contributed by atoms with Gasteiger partial charge in [0, 0.05) is 17.3 Å².